The molecule has 0 saturated heterocycles. The molecule has 2 N–H and O–H groups in total. The number of phenolic OH excluding ortho intramolecular Hbond substituents is 2. The molecule has 7 heteroatoms. The van der Waals surface area contributed by atoms with Gasteiger partial charge in [0.05, 0.1) is 7.11 Å². The molecule has 4 aromatic carbocycles. The summed E-state index contributed by atoms with van der Waals surface area (Å²) >= 11 is 0. The number of nitrogens with zero attached hydrogens (tertiary/aromatic N) is 3. The quantitative estimate of drug-likeness (QED) is 0.344. The van der Waals surface area contributed by atoms with Gasteiger partial charge in [-0.3, -0.25) is 4.79 Å². The molecule has 7 nitrogen and oxygen atoms in total. The van der Waals surface area contributed by atoms with Gasteiger partial charge in [0, 0.05) is 11.1 Å². The number of hydrogen-bond donors (Lipinski definition) is 2. The summed E-state index contributed by atoms with van der Waals surface area (Å²) < 4.78 is 5.50. The van der Waals surface area contributed by atoms with E-state index in [2.05, 4.69) is 10.2 Å². The second-order valence-corrected chi connectivity index (χ2v) is 8.21. The lowest BCUT2D eigenvalue weighted by Crippen LogP contribution is -2.11. The highest BCUT2D eigenvalue weighted by molar-refractivity contribution is 6.14. The Morgan fingerprint density at radius 2 is 1.46 bits per heavy atom. The van der Waals surface area contributed by atoms with E-state index in [1.54, 1.807) is 31.2 Å². The Morgan fingerprint density at radius 1 is 0.857 bits per heavy atom. The molecular formula is C28H23N3O4. The number of aromatic nitrogens is 3. The zero-order valence-corrected chi connectivity index (χ0v) is 19.3. The van der Waals surface area contributed by atoms with E-state index >= 15 is 0 Å². The third-order valence-electron chi connectivity index (χ3n) is 6.03. The van der Waals surface area contributed by atoms with Crippen LogP contribution in [0.5, 0.6) is 17.2 Å². The summed E-state index contributed by atoms with van der Waals surface area (Å²) in [5.74, 6) is -1.13. The highest BCUT2D eigenvalue weighted by Gasteiger charge is 2.30. The van der Waals surface area contributed by atoms with Crippen LogP contribution in [0.1, 0.15) is 32.6 Å². The molecule has 35 heavy (non-hydrogen) atoms. The average molecular weight is 466 g/mol. The summed E-state index contributed by atoms with van der Waals surface area (Å²) in [4.78, 5) is 15.0. The standard InChI is InChI=1S/C28H23N3O4/c1-17-25(32)23(26(33)20-13-7-6-12-19(20)16-18-10-4-3-5-11-18)27(34)24(28(17)35-2)31-29-21-14-8-9-15-22(21)30-31/h3-15,32,34H,16H2,1-2H3. The van der Waals surface area contributed by atoms with E-state index in [9.17, 15) is 15.0 Å². The van der Waals surface area contributed by atoms with Crippen molar-refractivity contribution in [2.45, 2.75) is 13.3 Å². The SMILES string of the molecule is COc1c(C)c(O)c(C(=O)c2ccccc2Cc2ccccc2)c(O)c1-n1nc2ccccc2n1. The van der Waals surface area contributed by atoms with Crippen molar-refractivity contribution in [3.8, 4) is 22.9 Å². The molecule has 0 atom stereocenters. The van der Waals surface area contributed by atoms with Crippen molar-refractivity contribution in [2.24, 2.45) is 0 Å². The molecule has 174 valence electrons. The molecule has 0 aliphatic carbocycles. The zero-order chi connectivity index (χ0) is 24.5. The van der Waals surface area contributed by atoms with Crippen molar-refractivity contribution < 1.29 is 19.7 Å². The molecule has 5 aromatic rings. The molecule has 0 aliphatic heterocycles. The number of benzene rings is 4. The van der Waals surface area contributed by atoms with Crippen LogP contribution in [-0.4, -0.2) is 38.1 Å². The molecule has 5 rings (SSSR count). The van der Waals surface area contributed by atoms with Crippen molar-refractivity contribution in [3.05, 3.63) is 107 Å². The third-order valence-corrected chi connectivity index (χ3v) is 6.03. The van der Waals surface area contributed by atoms with Crippen molar-refractivity contribution in [1.29, 1.82) is 0 Å². The number of carbonyl (C=O) groups excluding carboxylic acids is 1. The maximum Gasteiger partial charge on any atom is 0.200 e. The van der Waals surface area contributed by atoms with Crippen LogP contribution in [0.2, 0.25) is 0 Å². The largest absolute Gasteiger partial charge is 0.507 e. The highest BCUT2D eigenvalue weighted by Crippen LogP contribution is 2.45. The number of phenols is 2. The number of ketones is 1. The Morgan fingerprint density at radius 3 is 2.11 bits per heavy atom. The van der Waals surface area contributed by atoms with Crippen LogP contribution in [0, 0.1) is 6.92 Å². The summed E-state index contributed by atoms with van der Waals surface area (Å²) in [7, 11) is 1.42. The second-order valence-electron chi connectivity index (χ2n) is 8.21. The fourth-order valence-corrected chi connectivity index (χ4v) is 4.27. The minimum atomic E-state index is -0.504. The lowest BCUT2D eigenvalue weighted by molar-refractivity contribution is 0.103. The summed E-state index contributed by atoms with van der Waals surface area (Å²) in [6, 6.07) is 24.2. The number of carbonyl (C=O) groups is 1. The van der Waals surface area contributed by atoms with E-state index in [1.165, 1.54) is 11.9 Å². The first-order chi connectivity index (χ1) is 17.0. The Bertz CT molecular complexity index is 1530. The van der Waals surface area contributed by atoms with Gasteiger partial charge in [-0.25, -0.2) is 0 Å². The smallest absolute Gasteiger partial charge is 0.200 e. The summed E-state index contributed by atoms with van der Waals surface area (Å²) in [5.41, 5.74) is 3.59. The van der Waals surface area contributed by atoms with E-state index in [0.717, 1.165) is 11.1 Å². The first kappa shape index (κ1) is 22.2. The molecule has 0 aliphatic rings. The number of methoxy groups -OCH3 is 1. The average Bonchev–Trinajstić information content (AvgIpc) is 3.30. The molecule has 0 radical (unpaired) electrons. The molecular weight excluding hydrogens is 442 g/mol. The van der Waals surface area contributed by atoms with E-state index in [4.69, 9.17) is 4.74 Å². The third kappa shape index (κ3) is 3.87. The van der Waals surface area contributed by atoms with E-state index in [0.29, 0.717) is 28.6 Å². The van der Waals surface area contributed by atoms with Crippen LogP contribution >= 0.6 is 0 Å². The topological polar surface area (TPSA) is 97.5 Å². The van der Waals surface area contributed by atoms with Gasteiger partial charge in [0.15, 0.2) is 17.2 Å². The zero-order valence-electron chi connectivity index (χ0n) is 19.3. The van der Waals surface area contributed by atoms with Gasteiger partial charge >= 0.3 is 0 Å². The summed E-state index contributed by atoms with van der Waals surface area (Å²) in [6.45, 7) is 1.62. The Balaban J connectivity index is 1.68. The molecule has 0 fully saturated rings. The maximum absolute atomic E-state index is 13.8. The van der Waals surface area contributed by atoms with Gasteiger partial charge in [-0.1, -0.05) is 66.7 Å². The minimum Gasteiger partial charge on any atom is -0.507 e. The molecule has 1 aromatic heterocycles. The van der Waals surface area contributed by atoms with Gasteiger partial charge in [-0.2, -0.15) is 0 Å². The van der Waals surface area contributed by atoms with Gasteiger partial charge in [0.25, 0.3) is 0 Å². The van der Waals surface area contributed by atoms with Crippen molar-refractivity contribution in [1.82, 2.24) is 15.0 Å². The predicted octanol–water partition coefficient (Wildman–Crippen LogP) is 4.97. The van der Waals surface area contributed by atoms with Crippen LogP contribution in [-0.2, 0) is 6.42 Å². The number of fused-ring (bicyclic) bond motifs is 1. The van der Waals surface area contributed by atoms with Gasteiger partial charge < -0.3 is 14.9 Å². The van der Waals surface area contributed by atoms with Crippen molar-refractivity contribution in [3.63, 3.8) is 0 Å². The van der Waals surface area contributed by atoms with Crippen LogP contribution in [0.4, 0.5) is 0 Å². The van der Waals surface area contributed by atoms with Crippen molar-refractivity contribution in [2.75, 3.05) is 7.11 Å². The Kier molecular flexibility index (Phi) is 5.66. The Labute approximate surface area is 201 Å². The lowest BCUT2D eigenvalue weighted by Gasteiger charge is -2.18. The fraction of sp³-hybridized carbons (Fsp3) is 0.107. The number of ether oxygens (including phenoxy) is 1. The van der Waals surface area contributed by atoms with Crippen LogP contribution < -0.4 is 4.74 Å². The molecule has 0 bridgehead atoms. The van der Waals surface area contributed by atoms with Crippen LogP contribution in [0.25, 0.3) is 16.7 Å². The Hall–Kier alpha value is -4.65. The van der Waals surface area contributed by atoms with Crippen LogP contribution in [0.15, 0.2) is 78.9 Å². The van der Waals surface area contributed by atoms with E-state index < -0.39 is 11.5 Å². The number of rotatable bonds is 6. The fourth-order valence-electron chi connectivity index (χ4n) is 4.27. The van der Waals surface area contributed by atoms with Gasteiger partial charge in [0.2, 0.25) is 5.78 Å². The monoisotopic (exact) mass is 465 g/mol. The molecule has 0 saturated carbocycles. The molecule has 1 heterocycles. The van der Waals surface area contributed by atoms with Gasteiger partial charge in [0.1, 0.15) is 22.3 Å². The normalized spacial score (nSPS) is 11.0. The minimum absolute atomic E-state index is 0.0860. The van der Waals surface area contributed by atoms with Gasteiger partial charge in [-0.05, 0) is 36.6 Å². The predicted molar refractivity (Wildman–Crippen MR) is 133 cm³/mol. The molecule has 0 amide bonds. The van der Waals surface area contributed by atoms with E-state index in [-0.39, 0.29) is 22.7 Å². The second kappa shape index (κ2) is 8.95. The molecule has 0 unspecified atom stereocenters. The number of hydrogen-bond acceptors (Lipinski definition) is 6. The van der Waals surface area contributed by atoms with E-state index in [1.807, 2.05) is 54.6 Å². The first-order valence-electron chi connectivity index (χ1n) is 11.1. The number of aromatic hydroxyl groups is 2. The highest BCUT2D eigenvalue weighted by atomic mass is 16.5. The summed E-state index contributed by atoms with van der Waals surface area (Å²) in [6.07, 6.45) is 0.526. The molecule has 0 spiro atoms. The van der Waals surface area contributed by atoms with Crippen molar-refractivity contribution >= 4 is 16.8 Å². The first-order valence-corrected chi connectivity index (χ1v) is 11.1. The maximum atomic E-state index is 13.8. The lowest BCUT2D eigenvalue weighted by atomic mass is 9.92. The van der Waals surface area contributed by atoms with Crippen LogP contribution in [0.3, 0.4) is 0 Å². The van der Waals surface area contributed by atoms with Gasteiger partial charge in [-0.15, -0.1) is 15.0 Å². The summed E-state index contributed by atoms with van der Waals surface area (Å²) in [5, 5.41) is 31.2.